The van der Waals surface area contributed by atoms with Crippen LogP contribution < -0.4 is 10.6 Å². The highest BCUT2D eigenvalue weighted by molar-refractivity contribution is 7.80. The van der Waals surface area contributed by atoms with E-state index >= 15 is 0 Å². The van der Waals surface area contributed by atoms with Crippen molar-refractivity contribution in [3.63, 3.8) is 0 Å². The highest BCUT2D eigenvalue weighted by Crippen LogP contribution is 2.19. The summed E-state index contributed by atoms with van der Waals surface area (Å²) in [6, 6.07) is 7.56. The lowest BCUT2D eigenvalue weighted by Gasteiger charge is -2.11. The van der Waals surface area contributed by atoms with Gasteiger partial charge in [0.1, 0.15) is 0 Å². The molecule has 0 aromatic heterocycles. The van der Waals surface area contributed by atoms with E-state index in [1.165, 1.54) is 12.8 Å². The van der Waals surface area contributed by atoms with Crippen molar-refractivity contribution < 1.29 is 0 Å². The van der Waals surface area contributed by atoms with Crippen LogP contribution in [0.3, 0.4) is 0 Å². The van der Waals surface area contributed by atoms with Gasteiger partial charge in [-0.1, -0.05) is 43.5 Å². The van der Waals surface area contributed by atoms with Crippen LogP contribution >= 0.6 is 23.8 Å². The van der Waals surface area contributed by atoms with Crippen molar-refractivity contribution in [3.05, 3.63) is 29.3 Å². The Balaban J connectivity index is 2.32. The number of unbranched alkanes of at least 4 members (excludes halogenated alkanes) is 2. The van der Waals surface area contributed by atoms with Crippen LogP contribution in [0.1, 0.15) is 26.2 Å². The van der Waals surface area contributed by atoms with Crippen molar-refractivity contribution in [1.82, 2.24) is 5.32 Å². The van der Waals surface area contributed by atoms with Gasteiger partial charge in [-0.25, -0.2) is 0 Å². The summed E-state index contributed by atoms with van der Waals surface area (Å²) in [6.07, 6.45) is 3.58. The second-order valence-corrected chi connectivity index (χ2v) is 4.38. The number of anilines is 1. The minimum Gasteiger partial charge on any atom is -0.362 e. The van der Waals surface area contributed by atoms with E-state index in [0.717, 1.165) is 18.7 Å². The van der Waals surface area contributed by atoms with Gasteiger partial charge in [-0.05, 0) is 30.8 Å². The maximum atomic E-state index is 6.00. The molecular weight excluding hydrogens is 240 g/mol. The number of rotatable bonds is 5. The topological polar surface area (TPSA) is 24.1 Å². The summed E-state index contributed by atoms with van der Waals surface area (Å²) < 4.78 is 0. The smallest absolute Gasteiger partial charge is 0.170 e. The van der Waals surface area contributed by atoms with Gasteiger partial charge in [0.05, 0.1) is 10.7 Å². The van der Waals surface area contributed by atoms with Crippen LogP contribution in [0.4, 0.5) is 5.69 Å². The van der Waals surface area contributed by atoms with Gasteiger partial charge in [0, 0.05) is 6.54 Å². The van der Waals surface area contributed by atoms with E-state index in [4.69, 9.17) is 23.8 Å². The molecule has 0 aliphatic heterocycles. The zero-order chi connectivity index (χ0) is 11.8. The molecule has 1 aromatic carbocycles. The van der Waals surface area contributed by atoms with Crippen molar-refractivity contribution >= 4 is 34.6 Å². The molecule has 0 bridgehead atoms. The fourth-order valence-electron chi connectivity index (χ4n) is 1.31. The number of halogens is 1. The Hall–Kier alpha value is -0.800. The van der Waals surface area contributed by atoms with Crippen molar-refractivity contribution in [2.45, 2.75) is 26.2 Å². The Morgan fingerprint density at radius 2 is 2.06 bits per heavy atom. The molecule has 1 aromatic rings. The summed E-state index contributed by atoms with van der Waals surface area (Å²) in [7, 11) is 0. The molecule has 0 aliphatic carbocycles. The molecule has 0 fully saturated rings. The van der Waals surface area contributed by atoms with Gasteiger partial charge in [0.2, 0.25) is 0 Å². The molecule has 0 amide bonds. The third kappa shape index (κ3) is 4.81. The number of hydrogen-bond acceptors (Lipinski definition) is 1. The predicted molar refractivity (Wildman–Crippen MR) is 75.2 cm³/mol. The molecule has 0 unspecified atom stereocenters. The second kappa shape index (κ2) is 7.47. The molecule has 0 atom stereocenters. The molecule has 16 heavy (non-hydrogen) atoms. The monoisotopic (exact) mass is 256 g/mol. The Kier molecular flexibility index (Phi) is 6.19. The number of para-hydroxylation sites is 1. The standard InChI is InChI=1S/C12H17ClN2S/c1-2-3-6-9-14-12(16)15-11-8-5-4-7-10(11)13/h4-5,7-8H,2-3,6,9H2,1H3,(H2,14,15,16). The lowest BCUT2D eigenvalue weighted by Crippen LogP contribution is -2.29. The van der Waals surface area contributed by atoms with Gasteiger partial charge in [-0.3, -0.25) is 0 Å². The minimum atomic E-state index is 0.629. The third-order valence-electron chi connectivity index (χ3n) is 2.19. The first-order chi connectivity index (χ1) is 7.74. The largest absolute Gasteiger partial charge is 0.362 e. The summed E-state index contributed by atoms with van der Waals surface area (Å²) in [5.41, 5.74) is 0.845. The second-order valence-electron chi connectivity index (χ2n) is 3.57. The number of hydrogen-bond donors (Lipinski definition) is 2. The Morgan fingerprint density at radius 1 is 1.31 bits per heavy atom. The van der Waals surface area contributed by atoms with Gasteiger partial charge in [0.25, 0.3) is 0 Å². The fraction of sp³-hybridized carbons (Fsp3) is 0.417. The van der Waals surface area contributed by atoms with Crippen molar-refractivity contribution in [2.24, 2.45) is 0 Å². The zero-order valence-electron chi connectivity index (χ0n) is 9.42. The fourth-order valence-corrected chi connectivity index (χ4v) is 1.70. The van der Waals surface area contributed by atoms with Crippen LogP contribution in [0.15, 0.2) is 24.3 Å². The minimum absolute atomic E-state index is 0.629. The van der Waals surface area contributed by atoms with Crippen molar-refractivity contribution in [3.8, 4) is 0 Å². The lowest BCUT2D eigenvalue weighted by atomic mass is 10.2. The van der Waals surface area contributed by atoms with Gasteiger partial charge in [0.15, 0.2) is 5.11 Å². The Bertz CT molecular complexity index is 342. The van der Waals surface area contributed by atoms with E-state index in [-0.39, 0.29) is 0 Å². The Labute approximate surface area is 107 Å². The molecule has 4 heteroatoms. The highest BCUT2D eigenvalue weighted by atomic mass is 35.5. The lowest BCUT2D eigenvalue weighted by molar-refractivity contribution is 0.698. The molecule has 1 rings (SSSR count). The van der Waals surface area contributed by atoms with E-state index in [1.807, 2.05) is 24.3 Å². The molecule has 0 saturated carbocycles. The van der Waals surface area contributed by atoms with E-state index in [2.05, 4.69) is 17.6 Å². The van der Waals surface area contributed by atoms with Crippen LogP contribution in [0.2, 0.25) is 5.02 Å². The summed E-state index contributed by atoms with van der Waals surface area (Å²) in [5.74, 6) is 0. The number of nitrogens with one attached hydrogen (secondary N) is 2. The van der Waals surface area contributed by atoms with Crippen molar-refractivity contribution in [1.29, 1.82) is 0 Å². The van der Waals surface area contributed by atoms with E-state index in [9.17, 15) is 0 Å². The van der Waals surface area contributed by atoms with Gasteiger partial charge in [-0.15, -0.1) is 0 Å². The first-order valence-corrected chi connectivity index (χ1v) is 6.32. The maximum absolute atomic E-state index is 6.00. The first kappa shape index (κ1) is 13.3. The first-order valence-electron chi connectivity index (χ1n) is 5.53. The summed E-state index contributed by atoms with van der Waals surface area (Å²) >= 11 is 11.2. The molecule has 0 aliphatic rings. The molecule has 0 saturated heterocycles. The number of thiocarbonyl (C=S) groups is 1. The molecule has 0 spiro atoms. The van der Waals surface area contributed by atoms with Gasteiger partial charge < -0.3 is 10.6 Å². The van der Waals surface area contributed by atoms with Crippen LogP contribution in [-0.4, -0.2) is 11.7 Å². The van der Waals surface area contributed by atoms with Gasteiger partial charge in [-0.2, -0.15) is 0 Å². The predicted octanol–water partition coefficient (Wildman–Crippen LogP) is 3.82. The van der Waals surface area contributed by atoms with Crippen LogP contribution in [0.25, 0.3) is 0 Å². The van der Waals surface area contributed by atoms with Crippen LogP contribution in [-0.2, 0) is 0 Å². The van der Waals surface area contributed by atoms with Crippen LogP contribution in [0.5, 0.6) is 0 Å². The normalized spacial score (nSPS) is 9.88. The Morgan fingerprint density at radius 3 is 2.75 bits per heavy atom. The average molecular weight is 257 g/mol. The van der Waals surface area contributed by atoms with Crippen molar-refractivity contribution in [2.75, 3.05) is 11.9 Å². The maximum Gasteiger partial charge on any atom is 0.170 e. The summed E-state index contributed by atoms with van der Waals surface area (Å²) in [6.45, 7) is 3.09. The van der Waals surface area contributed by atoms with E-state index in [1.54, 1.807) is 0 Å². The SMILES string of the molecule is CCCCCNC(=S)Nc1ccccc1Cl. The zero-order valence-corrected chi connectivity index (χ0v) is 11.0. The average Bonchev–Trinajstić information content (AvgIpc) is 2.28. The number of benzene rings is 1. The molecule has 0 radical (unpaired) electrons. The molecule has 88 valence electrons. The van der Waals surface area contributed by atoms with E-state index < -0.39 is 0 Å². The quantitative estimate of drug-likeness (QED) is 0.619. The highest BCUT2D eigenvalue weighted by Gasteiger charge is 2.00. The summed E-state index contributed by atoms with van der Waals surface area (Å²) in [5, 5.41) is 7.54. The molecule has 0 heterocycles. The van der Waals surface area contributed by atoms with Gasteiger partial charge >= 0.3 is 0 Å². The molecule has 2 N–H and O–H groups in total. The van der Waals surface area contributed by atoms with E-state index in [0.29, 0.717) is 10.1 Å². The summed E-state index contributed by atoms with van der Waals surface area (Å²) in [4.78, 5) is 0. The third-order valence-corrected chi connectivity index (χ3v) is 2.76. The molecular formula is C12H17ClN2S. The molecule has 2 nitrogen and oxygen atoms in total. The van der Waals surface area contributed by atoms with Crippen LogP contribution in [0, 0.1) is 0 Å².